The number of hydrogen-bond acceptors (Lipinski definition) is 1. The van der Waals surface area contributed by atoms with E-state index in [2.05, 4.69) is 11.8 Å². The van der Waals surface area contributed by atoms with Crippen LogP contribution in [0.3, 0.4) is 0 Å². The van der Waals surface area contributed by atoms with Crippen molar-refractivity contribution in [3.63, 3.8) is 0 Å². The maximum Gasteiger partial charge on any atom is 0.260 e. The molecule has 0 amide bonds. The molecule has 0 bridgehead atoms. The van der Waals surface area contributed by atoms with Gasteiger partial charge in [-0.15, -0.1) is 11.8 Å². The van der Waals surface area contributed by atoms with Crippen molar-refractivity contribution < 1.29 is 8.78 Å². The summed E-state index contributed by atoms with van der Waals surface area (Å²) in [5.41, 5.74) is 5.17. The molecular weight excluding hydrogens is 148 g/mol. The molecule has 0 spiro atoms. The van der Waals surface area contributed by atoms with Gasteiger partial charge < -0.3 is 5.73 Å². The normalized spacial score (nSPS) is 13.5. The Morgan fingerprint density at radius 1 is 1.55 bits per heavy atom. The highest BCUT2D eigenvalue weighted by Crippen LogP contribution is 2.18. The van der Waals surface area contributed by atoms with Crippen LogP contribution in [0.15, 0.2) is 0 Å². The molecule has 0 aromatic rings. The van der Waals surface area contributed by atoms with Crippen LogP contribution in [0.5, 0.6) is 0 Å². The molecule has 1 atom stereocenters. The lowest BCUT2D eigenvalue weighted by atomic mass is 10.1. The highest BCUT2D eigenvalue weighted by Gasteiger charge is 2.29. The molecule has 11 heavy (non-hydrogen) atoms. The zero-order valence-corrected chi connectivity index (χ0v) is 6.82. The van der Waals surface area contributed by atoms with E-state index < -0.39 is 12.0 Å². The first-order valence-electron chi connectivity index (χ1n) is 3.51. The molecule has 0 saturated heterocycles. The van der Waals surface area contributed by atoms with Gasteiger partial charge in [-0.25, -0.2) is 8.78 Å². The summed E-state index contributed by atoms with van der Waals surface area (Å²) in [6.45, 7) is 2.51. The predicted molar refractivity (Wildman–Crippen MR) is 41.3 cm³/mol. The molecular formula is C8H13F2N. The molecule has 0 aromatic carbocycles. The summed E-state index contributed by atoms with van der Waals surface area (Å²) in [6, 6.07) is -1.07. The van der Waals surface area contributed by atoms with Crippen LogP contribution in [0.1, 0.15) is 26.7 Å². The van der Waals surface area contributed by atoms with Crippen molar-refractivity contribution in [3.05, 3.63) is 0 Å². The van der Waals surface area contributed by atoms with Crippen molar-refractivity contribution in [2.75, 3.05) is 0 Å². The number of nitrogens with two attached hydrogens (primary N) is 1. The molecule has 1 nitrogen and oxygen atoms in total. The summed E-state index contributed by atoms with van der Waals surface area (Å²) in [5, 5.41) is 0. The topological polar surface area (TPSA) is 26.0 Å². The fraction of sp³-hybridized carbons (Fsp3) is 0.750. The van der Waals surface area contributed by atoms with Crippen LogP contribution >= 0.6 is 0 Å². The van der Waals surface area contributed by atoms with Crippen LogP contribution in [0.4, 0.5) is 8.78 Å². The number of halogens is 2. The SMILES string of the molecule is CC#CCCC(N)C(C)(F)F. The summed E-state index contributed by atoms with van der Waals surface area (Å²) in [4.78, 5) is 0. The van der Waals surface area contributed by atoms with Crippen LogP contribution < -0.4 is 5.73 Å². The maximum absolute atomic E-state index is 12.4. The summed E-state index contributed by atoms with van der Waals surface area (Å²) < 4.78 is 24.7. The fourth-order valence-corrected chi connectivity index (χ4v) is 0.606. The standard InChI is InChI=1S/C8H13F2N/c1-3-4-5-6-7(11)8(2,9)10/h7H,5-6,11H2,1-2H3. The van der Waals surface area contributed by atoms with E-state index in [9.17, 15) is 8.78 Å². The molecule has 0 aromatic heterocycles. The van der Waals surface area contributed by atoms with Crippen molar-refractivity contribution in [1.82, 2.24) is 0 Å². The van der Waals surface area contributed by atoms with E-state index in [1.807, 2.05) is 0 Å². The molecule has 0 radical (unpaired) electrons. The van der Waals surface area contributed by atoms with Crippen molar-refractivity contribution in [3.8, 4) is 11.8 Å². The fourth-order valence-electron chi connectivity index (χ4n) is 0.606. The minimum atomic E-state index is -2.78. The summed E-state index contributed by atoms with van der Waals surface area (Å²) in [7, 11) is 0. The second-order valence-electron chi connectivity index (χ2n) is 2.53. The van der Waals surface area contributed by atoms with E-state index in [4.69, 9.17) is 5.73 Å². The van der Waals surface area contributed by atoms with Crippen LogP contribution in [0.2, 0.25) is 0 Å². The lowest BCUT2D eigenvalue weighted by Gasteiger charge is -2.17. The van der Waals surface area contributed by atoms with Crippen LogP contribution in [0, 0.1) is 11.8 Å². The minimum absolute atomic E-state index is 0.254. The van der Waals surface area contributed by atoms with Gasteiger partial charge in [0.1, 0.15) is 0 Å². The first-order chi connectivity index (χ1) is 4.98. The summed E-state index contributed by atoms with van der Waals surface area (Å²) in [6.07, 6.45) is 0.700. The maximum atomic E-state index is 12.4. The average molecular weight is 161 g/mol. The molecule has 2 N–H and O–H groups in total. The Morgan fingerprint density at radius 3 is 2.45 bits per heavy atom. The molecule has 0 fully saturated rings. The van der Waals surface area contributed by atoms with E-state index in [1.54, 1.807) is 6.92 Å². The number of rotatable bonds is 3. The van der Waals surface area contributed by atoms with Gasteiger partial charge in [0.15, 0.2) is 0 Å². The molecule has 1 unspecified atom stereocenters. The monoisotopic (exact) mass is 161 g/mol. The molecule has 0 saturated carbocycles. The van der Waals surface area contributed by atoms with E-state index in [-0.39, 0.29) is 6.42 Å². The van der Waals surface area contributed by atoms with E-state index in [0.717, 1.165) is 6.92 Å². The predicted octanol–water partition coefficient (Wildman–Crippen LogP) is 1.77. The zero-order chi connectivity index (χ0) is 8.91. The van der Waals surface area contributed by atoms with E-state index >= 15 is 0 Å². The molecule has 0 aliphatic carbocycles. The lowest BCUT2D eigenvalue weighted by Crippen LogP contribution is -2.38. The third-order valence-electron chi connectivity index (χ3n) is 1.41. The van der Waals surface area contributed by atoms with Crippen molar-refractivity contribution >= 4 is 0 Å². The van der Waals surface area contributed by atoms with Crippen molar-refractivity contribution in [2.45, 2.75) is 38.7 Å². The molecule has 0 heterocycles. The van der Waals surface area contributed by atoms with Gasteiger partial charge in [-0.1, -0.05) is 0 Å². The van der Waals surface area contributed by atoms with Gasteiger partial charge in [-0.3, -0.25) is 0 Å². The second-order valence-corrected chi connectivity index (χ2v) is 2.53. The lowest BCUT2D eigenvalue weighted by molar-refractivity contribution is -0.00733. The third kappa shape index (κ3) is 4.74. The van der Waals surface area contributed by atoms with E-state index in [0.29, 0.717) is 6.42 Å². The Labute approximate surface area is 66.0 Å². The third-order valence-corrected chi connectivity index (χ3v) is 1.41. The zero-order valence-electron chi connectivity index (χ0n) is 6.82. The highest BCUT2D eigenvalue weighted by molar-refractivity contribution is 4.96. The summed E-state index contributed by atoms with van der Waals surface area (Å²) in [5.74, 6) is 2.53. The minimum Gasteiger partial charge on any atom is -0.323 e. The van der Waals surface area contributed by atoms with Gasteiger partial charge >= 0.3 is 0 Å². The van der Waals surface area contributed by atoms with Gasteiger partial charge in [0.25, 0.3) is 5.92 Å². The van der Waals surface area contributed by atoms with Crippen LogP contribution in [-0.4, -0.2) is 12.0 Å². The van der Waals surface area contributed by atoms with Gasteiger partial charge in [-0.05, 0) is 13.3 Å². The van der Waals surface area contributed by atoms with Gasteiger partial charge in [0.05, 0.1) is 6.04 Å². The van der Waals surface area contributed by atoms with Gasteiger partial charge in [-0.2, -0.15) is 0 Å². The Balaban J connectivity index is 3.67. The van der Waals surface area contributed by atoms with Crippen LogP contribution in [0.25, 0.3) is 0 Å². The molecule has 3 heteroatoms. The molecule has 0 aliphatic rings. The van der Waals surface area contributed by atoms with Crippen molar-refractivity contribution in [2.24, 2.45) is 5.73 Å². The smallest absolute Gasteiger partial charge is 0.260 e. The Morgan fingerprint density at radius 2 is 2.09 bits per heavy atom. The Kier molecular flexibility index (Phi) is 4.06. The molecule has 64 valence electrons. The second kappa shape index (κ2) is 4.30. The highest BCUT2D eigenvalue weighted by atomic mass is 19.3. The molecule has 0 aliphatic heterocycles. The Hall–Kier alpha value is -0.620. The van der Waals surface area contributed by atoms with E-state index in [1.165, 1.54) is 0 Å². The van der Waals surface area contributed by atoms with Crippen molar-refractivity contribution in [1.29, 1.82) is 0 Å². The first-order valence-corrected chi connectivity index (χ1v) is 3.51. The van der Waals surface area contributed by atoms with Gasteiger partial charge in [0, 0.05) is 13.3 Å². The largest absolute Gasteiger partial charge is 0.323 e. The quantitative estimate of drug-likeness (QED) is 0.627. The van der Waals surface area contributed by atoms with Crippen LogP contribution in [-0.2, 0) is 0 Å². The first kappa shape index (κ1) is 10.4. The average Bonchev–Trinajstić information content (AvgIpc) is 1.86. The Bertz CT molecular complexity index is 161. The summed E-state index contributed by atoms with van der Waals surface area (Å²) >= 11 is 0. The number of hydrogen-bond donors (Lipinski definition) is 1. The van der Waals surface area contributed by atoms with Gasteiger partial charge in [0.2, 0.25) is 0 Å². The molecule has 0 rings (SSSR count). The number of alkyl halides is 2.